The molecule has 0 spiro atoms. The van der Waals surface area contributed by atoms with Gasteiger partial charge in [-0.15, -0.1) is 0 Å². The van der Waals surface area contributed by atoms with Crippen molar-refractivity contribution in [2.45, 2.75) is 39.3 Å². The molecule has 0 unspecified atom stereocenters. The smallest absolute Gasteiger partial charge is 0.244 e. The predicted octanol–water partition coefficient (Wildman–Crippen LogP) is 3.94. The van der Waals surface area contributed by atoms with Crippen molar-refractivity contribution in [3.63, 3.8) is 0 Å². The maximum Gasteiger partial charge on any atom is 0.244 e. The van der Waals surface area contributed by atoms with E-state index in [0.29, 0.717) is 18.0 Å². The number of carbonyl (C=O) groups is 2. The van der Waals surface area contributed by atoms with E-state index in [2.05, 4.69) is 5.32 Å². The monoisotopic (exact) mass is 551 g/mol. The maximum absolute atomic E-state index is 14.0. The first-order valence-electron chi connectivity index (χ1n) is 12.9. The summed E-state index contributed by atoms with van der Waals surface area (Å²) < 4.78 is 32.1. The van der Waals surface area contributed by atoms with Gasteiger partial charge >= 0.3 is 0 Å². The number of rotatable bonds is 13. The Bertz CT molecular complexity index is 1340. The summed E-state index contributed by atoms with van der Waals surface area (Å²) in [6.45, 7) is 3.97. The highest BCUT2D eigenvalue weighted by atomic mass is 32.2. The third-order valence-corrected chi connectivity index (χ3v) is 7.45. The molecule has 1 atom stereocenters. The van der Waals surface area contributed by atoms with E-state index < -0.39 is 28.5 Å². The Kier molecular flexibility index (Phi) is 10.5. The summed E-state index contributed by atoms with van der Waals surface area (Å²) in [4.78, 5) is 29.0. The third kappa shape index (κ3) is 8.58. The van der Waals surface area contributed by atoms with Gasteiger partial charge < -0.3 is 15.0 Å². The Morgan fingerprint density at radius 1 is 0.949 bits per heavy atom. The van der Waals surface area contributed by atoms with Gasteiger partial charge in [-0.25, -0.2) is 8.42 Å². The van der Waals surface area contributed by atoms with Gasteiger partial charge in [0.25, 0.3) is 0 Å². The average Bonchev–Trinajstić information content (AvgIpc) is 2.92. The largest absolute Gasteiger partial charge is 0.497 e. The number of methoxy groups -OCH3 is 1. The summed E-state index contributed by atoms with van der Waals surface area (Å²) in [6.07, 6.45) is 2.08. The molecule has 0 radical (unpaired) electrons. The molecule has 2 amide bonds. The molecule has 0 bridgehead atoms. The quantitative estimate of drug-likeness (QED) is 0.347. The molecular weight excluding hydrogens is 514 g/mol. The van der Waals surface area contributed by atoms with E-state index in [1.807, 2.05) is 56.3 Å². The minimum Gasteiger partial charge on any atom is -0.497 e. The van der Waals surface area contributed by atoms with Crippen molar-refractivity contribution in [3.8, 4) is 5.75 Å². The molecule has 0 aliphatic carbocycles. The minimum atomic E-state index is -3.80. The van der Waals surface area contributed by atoms with Crippen LogP contribution in [0.3, 0.4) is 0 Å². The lowest BCUT2D eigenvalue weighted by Crippen LogP contribution is -2.53. The first-order valence-corrected chi connectivity index (χ1v) is 14.8. The fourth-order valence-corrected chi connectivity index (χ4v) is 5.06. The van der Waals surface area contributed by atoms with E-state index >= 15 is 0 Å². The van der Waals surface area contributed by atoms with Crippen LogP contribution in [0.2, 0.25) is 0 Å². The average molecular weight is 552 g/mol. The third-order valence-electron chi connectivity index (χ3n) is 6.31. The Labute approximate surface area is 231 Å². The summed E-state index contributed by atoms with van der Waals surface area (Å²) in [5.74, 6) is -0.165. The fraction of sp³-hybridized carbons (Fsp3) is 0.333. The van der Waals surface area contributed by atoms with E-state index in [4.69, 9.17) is 4.74 Å². The summed E-state index contributed by atoms with van der Waals surface area (Å²) >= 11 is 0. The molecule has 3 rings (SSSR count). The van der Waals surface area contributed by atoms with Gasteiger partial charge in [0.15, 0.2) is 0 Å². The molecule has 0 aliphatic rings. The molecule has 0 aliphatic heterocycles. The van der Waals surface area contributed by atoms with Gasteiger partial charge in [-0.1, -0.05) is 67.1 Å². The Morgan fingerprint density at radius 2 is 1.62 bits per heavy atom. The number of nitrogens with zero attached hydrogens (tertiary/aromatic N) is 2. The SMILES string of the molecule is CCCNC(=O)[C@H](Cc1ccccc1)N(Cc1cccc(OC)c1)C(=O)CN(c1ccc(C)cc1)S(C)(=O)=O. The first-order chi connectivity index (χ1) is 18.6. The normalized spacial score (nSPS) is 11.9. The molecule has 0 heterocycles. The van der Waals surface area contributed by atoms with Gasteiger partial charge in [-0.3, -0.25) is 13.9 Å². The topological polar surface area (TPSA) is 96.0 Å². The molecule has 3 aromatic rings. The molecule has 9 heteroatoms. The Hall–Kier alpha value is -3.85. The van der Waals surface area contributed by atoms with Crippen molar-refractivity contribution in [3.05, 3.63) is 95.6 Å². The van der Waals surface area contributed by atoms with Crippen molar-refractivity contribution in [2.24, 2.45) is 0 Å². The second-order valence-corrected chi connectivity index (χ2v) is 11.4. The summed E-state index contributed by atoms with van der Waals surface area (Å²) in [5.41, 5.74) is 2.99. The van der Waals surface area contributed by atoms with Crippen LogP contribution in [-0.2, 0) is 32.6 Å². The summed E-state index contributed by atoms with van der Waals surface area (Å²) in [6, 6.07) is 22.8. The minimum absolute atomic E-state index is 0.0958. The van der Waals surface area contributed by atoms with Crippen molar-refractivity contribution in [1.82, 2.24) is 10.2 Å². The second-order valence-electron chi connectivity index (χ2n) is 9.47. The van der Waals surface area contributed by atoms with Gasteiger partial charge in [0.1, 0.15) is 18.3 Å². The van der Waals surface area contributed by atoms with Gasteiger partial charge in [0.05, 0.1) is 19.1 Å². The predicted molar refractivity (Wildman–Crippen MR) is 154 cm³/mol. The van der Waals surface area contributed by atoms with Crippen LogP contribution >= 0.6 is 0 Å². The van der Waals surface area contributed by atoms with E-state index in [9.17, 15) is 18.0 Å². The number of sulfonamides is 1. The second kappa shape index (κ2) is 13.8. The van der Waals surface area contributed by atoms with E-state index in [-0.39, 0.29) is 18.9 Å². The standard InChI is InChI=1S/C30H37N3O5S/c1-5-18-31-30(35)28(20-24-10-7-6-8-11-24)32(21-25-12-9-13-27(19-25)38-3)29(34)22-33(39(4,36)37)26-16-14-23(2)15-17-26/h6-17,19,28H,5,18,20-22H2,1-4H3,(H,31,35)/t28-/m0/s1. The zero-order valence-corrected chi connectivity index (χ0v) is 23.8. The maximum atomic E-state index is 14.0. The molecule has 0 aromatic heterocycles. The summed E-state index contributed by atoms with van der Waals surface area (Å²) in [7, 11) is -2.24. The van der Waals surface area contributed by atoms with Crippen molar-refractivity contribution in [2.75, 3.05) is 30.8 Å². The van der Waals surface area contributed by atoms with Crippen LogP contribution in [0.4, 0.5) is 5.69 Å². The van der Waals surface area contributed by atoms with Crippen LogP contribution in [0, 0.1) is 6.92 Å². The van der Waals surface area contributed by atoms with Crippen LogP contribution < -0.4 is 14.4 Å². The lowest BCUT2D eigenvalue weighted by molar-refractivity contribution is -0.140. The number of nitrogens with one attached hydrogen (secondary N) is 1. The lowest BCUT2D eigenvalue weighted by Gasteiger charge is -2.33. The zero-order chi connectivity index (χ0) is 28.4. The van der Waals surface area contributed by atoms with Crippen LogP contribution in [0.25, 0.3) is 0 Å². The molecule has 0 saturated heterocycles. The molecule has 208 valence electrons. The number of benzene rings is 3. The highest BCUT2D eigenvalue weighted by Gasteiger charge is 2.33. The van der Waals surface area contributed by atoms with Crippen molar-refractivity contribution in [1.29, 1.82) is 0 Å². The van der Waals surface area contributed by atoms with Gasteiger partial charge in [0, 0.05) is 19.5 Å². The molecular formula is C30H37N3O5S. The van der Waals surface area contributed by atoms with Crippen LogP contribution in [0.1, 0.15) is 30.0 Å². The highest BCUT2D eigenvalue weighted by molar-refractivity contribution is 7.92. The Balaban J connectivity index is 2.04. The van der Waals surface area contributed by atoms with Crippen LogP contribution in [0.5, 0.6) is 5.75 Å². The van der Waals surface area contributed by atoms with Gasteiger partial charge in [0.2, 0.25) is 21.8 Å². The number of aryl methyl sites for hydroxylation is 1. The van der Waals surface area contributed by atoms with Gasteiger partial charge in [-0.2, -0.15) is 0 Å². The van der Waals surface area contributed by atoms with Gasteiger partial charge in [-0.05, 0) is 48.7 Å². The number of anilines is 1. The van der Waals surface area contributed by atoms with E-state index in [0.717, 1.165) is 33.7 Å². The van der Waals surface area contributed by atoms with Crippen molar-refractivity contribution >= 4 is 27.5 Å². The number of hydrogen-bond donors (Lipinski definition) is 1. The molecule has 0 fully saturated rings. The molecule has 39 heavy (non-hydrogen) atoms. The molecule has 8 nitrogen and oxygen atoms in total. The number of hydrogen-bond acceptors (Lipinski definition) is 5. The van der Waals surface area contributed by atoms with E-state index in [1.165, 1.54) is 4.90 Å². The molecule has 1 N–H and O–H groups in total. The number of amides is 2. The van der Waals surface area contributed by atoms with Crippen molar-refractivity contribution < 1.29 is 22.7 Å². The Morgan fingerprint density at radius 3 is 2.23 bits per heavy atom. The van der Waals surface area contributed by atoms with Crippen LogP contribution in [0.15, 0.2) is 78.9 Å². The zero-order valence-electron chi connectivity index (χ0n) is 23.0. The highest BCUT2D eigenvalue weighted by Crippen LogP contribution is 2.22. The lowest BCUT2D eigenvalue weighted by atomic mass is 10.0. The number of ether oxygens (including phenoxy) is 1. The number of carbonyl (C=O) groups excluding carboxylic acids is 2. The first kappa shape index (κ1) is 29.7. The summed E-state index contributed by atoms with van der Waals surface area (Å²) in [5, 5.41) is 2.93. The fourth-order valence-electron chi connectivity index (χ4n) is 4.21. The molecule has 0 saturated carbocycles. The molecule has 3 aromatic carbocycles. The van der Waals surface area contributed by atoms with E-state index in [1.54, 1.807) is 43.5 Å². The van der Waals surface area contributed by atoms with Crippen LogP contribution in [-0.4, -0.2) is 57.6 Å².